The van der Waals surface area contributed by atoms with Gasteiger partial charge in [-0.1, -0.05) is 13.0 Å². The van der Waals surface area contributed by atoms with Crippen molar-refractivity contribution in [2.24, 2.45) is 0 Å². The van der Waals surface area contributed by atoms with Gasteiger partial charge in [-0.15, -0.1) is 0 Å². The maximum Gasteiger partial charge on any atom is 0.291 e. The minimum absolute atomic E-state index is 0.0608. The molecule has 28 heavy (non-hydrogen) atoms. The van der Waals surface area contributed by atoms with E-state index in [0.29, 0.717) is 30.1 Å². The lowest BCUT2D eigenvalue weighted by Gasteiger charge is -2.12. The summed E-state index contributed by atoms with van der Waals surface area (Å²) >= 11 is 0. The van der Waals surface area contributed by atoms with Crippen molar-refractivity contribution in [2.75, 3.05) is 20.3 Å². The smallest absolute Gasteiger partial charge is 0.291 e. The number of carbonyl (C=O) groups excluding carboxylic acids is 1. The molecule has 0 spiro atoms. The fourth-order valence-corrected chi connectivity index (χ4v) is 3.74. The second-order valence-corrected chi connectivity index (χ2v) is 6.93. The van der Waals surface area contributed by atoms with Gasteiger partial charge in [-0.3, -0.25) is 14.0 Å². The molecule has 8 nitrogen and oxygen atoms in total. The van der Waals surface area contributed by atoms with Crippen LogP contribution in [0.4, 0.5) is 0 Å². The van der Waals surface area contributed by atoms with E-state index in [2.05, 4.69) is 10.4 Å². The zero-order valence-electron chi connectivity index (χ0n) is 16.1. The molecule has 1 fully saturated rings. The van der Waals surface area contributed by atoms with Crippen LogP contribution in [0.1, 0.15) is 25.6 Å². The zero-order chi connectivity index (χ0) is 19.7. The summed E-state index contributed by atoms with van der Waals surface area (Å²) in [4.78, 5) is 25.3. The van der Waals surface area contributed by atoms with Gasteiger partial charge in [0.15, 0.2) is 0 Å². The van der Waals surface area contributed by atoms with Crippen LogP contribution in [0.5, 0.6) is 5.75 Å². The number of hydrogen-bond acceptors (Lipinski definition) is 5. The van der Waals surface area contributed by atoms with Crippen LogP contribution in [-0.4, -0.2) is 46.5 Å². The normalized spacial score (nSPS) is 16.7. The van der Waals surface area contributed by atoms with Gasteiger partial charge in [0, 0.05) is 25.0 Å². The Morgan fingerprint density at radius 1 is 1.39 bits per heavy atom. The van der Waals surface area contributed by atoms with Crippen LogP contribution in [-0.2, 0) is 22.5 Å². The molecule has 1 unspecified atom stereocenters. The second-order valence-electron chi connectivity index (χ2n) is 6.93. The van der Waals surface area contributed by atoms with E-state index in [9.17, 15) is 9.59 Å². The minimum Gasteiger partial charge on any atom is -0.496 e. The average Bonchev–Trinajstić information content (AvgIpc) is 3.36. The molecule has 3 heterocycles. The van der Waals surface area contributed by atoms with Crippen molar-refractivity contribution < 1.29 is 14.3 Å². The lowest BCUT2D eigenvalue weighted by Crippen LogP contribution is -2.38. The summed E-state index contributed by atoms with van der Waals surface area (Å²) in [6, 6.07) is 7.48. The van der Waals surface area contributed by atoms with E-state index in [1.165, 1.54) is 4.68 Å². The Balaban J connectivity index is 1.69. The van der Waals surface area contributed by atoms with Crippen molar-refractivity contribution in [3.05, 3.63) is 40.4 Å². The number of benzene rings is 1. The first kappa shape index (κ1) is 18.5. The van der Waals surface area contributed by atoms with Gasteiger partial charge in [0.25, 0.3) is 5.56 Å². The van der Waals surface area contributed by atoms with Crippen LogP contribution >= 0.6 is 0 Å². The zero-order valence-corrected chi connectivity index (χ0v) is 16.1. The van der Waals surface area contributed by atoms with Crippen LogP contribution < -0.4 is 15.6 Å². The Morgan fingerprint density at radius 3 is 2.96 bits per heavy atom. The monoisotopic (exact) mass is 384 g/mol. The fourth-order valence-electron chi connectivity index (χ4n) is 3.74. The largest absolute Gasteiger partial charge is 0.496 e. The lowest BCUT2D eigenvalue weighted by molar-refractivity contribution is -0.122. The van der Waals surface area contributed by atoms with E-state index in [-0.39, 0.29) is 24.1 Å². The minimum atomic E-state index is -0.303. The van der Waals surface area contributed by atoms with Crippen molar-refractivity contribution in [1.29, 1.82) is 0 Å². The summed E-state index contributed by atoms with van der Waals surface area (Å²) < 4.78 is 14.0. The van der Waals surface area contributed by atoms with Crippen LogP contribution in [0.25, 0.3) is 16.4 Å². The summed E-state index contributed by atoms with van der Waals surface area (Å²) in [5.41, 5.74) is 1.05. The Kier molecular flexibility index (Phi) is 5.04. The molecular formula is C20H24N4O4. The molecule has 3 aromatic rings. The van der Waals surface area contributed by atoms with Crippen LogP contribution in [0.3, 0.4) is 0 Å². The molecule has 8 heteroatoms. The molecule has 1 amide bonds. The summed E-state index contributed by atoms with van der Waals surface area (Å²) in [7, 11) is 1.60. The predicted octanol–water partition coefficient (Wildman–Crippen LogP) is 1.52. The third kappa shape index (κ3) is 3.24. The van der Waals surface area contributed by atoms with Crippen molar-refractivity contribution in [2.45, 2.75) is 38.8 Å². The number of carbonyl (C=O) groups is 1. The molecule has 2 aromatic heterocycles. The topological polar surface area (TPSA) is 86.9 Å². The van der Waals surface area contributed by atoms with E-state index in [1.54, 1.807) is 13.2 Å². The van der Waals surface area contributed by atoms with Gasteiger partial charge in [-0.2, -0.15) is 5.10 Å². The number of ether oxygens (including phenoxy) is 2. The molecule has 1 atom stereocenters. The van der Waals surface area contributed by atoms with Crippen molar-refractivity contribution in [3.63, 3.8) is 0 Å². The maximum atomic E-state index is 13.0. The predicted molar refractivity (Wildman–Crippen MR) is 105 cm³/mol. The number of aromatic nitrogens is 3. The molecule has 0 saturated carbocycles. The average molecular weight is 384 g/mol. The molecule has 0 radical (unpaired) electrons. The van der Waals surface area contributed by atoms with Crippen LogP contribution in [0, 0.1) is 0 Å². The van der Waals surface area contributed by atoms with Crippen molar-refractivity contribution in [1.82, 2.24) is 19.5 Å². The first-order valence-corrected chi connectivity index (χ1v) is 9.58. The highest BCUT2D eigenvalue weighted by Gasteiger charge is 2.19. The van der Waals surface area contributed by atoms with E-state index in [1.807, 2.05) is 29.5 Å². The molecule has 148 valence electrons. The standard InChI is InChI=1S/C20H24N4O4/c1-3-18-22-23(12-19(25)21-11-13-6-5-9-28-13)20(26)16-10-14-15(24(16)18)7-4-8-17(14)27-2/h4,7-8,10,13H,3,5-6,9,11-12H2,1-2H3,(H,21,25). The maximum absolute atomic E-state index is 13.0. The molecule has 1 saturated heterocycles. The third-order valence-electron chi connectivity index (χ3n) is 5.13. The summed E-state index contributed by atoms with van der Waals surface area (Å²) in [6.07, 6.45) is 2.65. The quantitative estimate of drug-likeness (QED) is 0.696. The first-order chi connectivity index (χ1) is 13.6. The molecular weight excluding hydrogens is 360 g/mol. The number of amides is 1. The molecule has 0 bridgehead atoms. The Bertz CT molecular complexity index is 1080. The lowest BCUT2D eigenvalue weighted by atomic mass is 10.2. The Morgan fingerprint density at radius 2 is 2.25 bits per heavy atom. The molecule has 1 aliphatic heterocycles. The second kappa shape index (κ2) is 7.63. The van der Waals surface area contributed by atoms with Crippen LogP contribution in [0.15, 0.2) is 29.1 Å². The van der Waals surface area contributed by atoms with Gasteiger partial charge in [-0.05, 0) is 31.0 Å². The highest BCUT2D eigenvalue weighted by atomic mass is 16.5. The van der Waals surface area contributed by atoms with Gasteiger partial charge in [0.05, 0.1) is 18.7 Å². The SMILES string of the molecule is CCc1nn(CC(=O)NCC2CCCO2)c(=O)c2cc3c(OC)cccc3n12. The number of fused-ring (bicyclic) bond motifs is 3. The van der Waals surface area contributed by atoms with Crippen molar-refractivity contribution >= 4 is 22.3 Å². The number of aryl methyl sites for hydroxylation is 1. The highest BCUT2D eigenvalue weighted by Crippen LogP contribution is 2.28. The first-order valence-electron chi connectivity index (χ1n) is 9.58. The Labute approximate surface area is 162 Å². The summed E-state index contributed by atoms with van der Waals surface area (Å²) in [6.45, 7) is 3.06. The van der Waals surface area contributed by atoms with E-state index >= 15 is 0 Å². The highest BCUT2D eigenvalue weighted by molar-refractivity contribution is 5.92. The van der Waals surface area contributed by atoms with E-state index < -0.39 is 0 Å². The number of nitrogens with one attached hydrogen (secondary N) is 1. The number of nitrogens with zero attached hydrogens (tertiary/aromatic N) is 3. The van der Waals surface area contributed by atoms with E-state index in [4.69, 9.17) is 9.47 Å². The van der Waals surface area contributed by atoms with Gasteiger partial charge in [0.2, 0.25) is 5.91 Å². The van der Waals surface area contributed by atoms with Gasteiger partial charge in [-0.25, -0.2) is 4.68 Å². The summed E-state index contributed by atoms with van der Waals surface area (Å²) in [5, 5.41) is 8.14. The molecule has 4 rings (SSSR count). The summed E-state index contributed by atoms with van der Waals surface area (Å²) in [5.74, 6) is 1.17. The van der Waals surface area contributed by atoms with Crippen LogP contribution in [0.2, 0.25) is 0 Å². The molecule has 1 aliphatic rings. The van der Waals surface area contributed by atoms with Gasteiger partial charge >= 0.3 is 0 Å². The Hall–Kier alpha value is -2.87. The fraction of sp³-hybridized carbons (Fsp3) is 0.450. The molecule has 1 aromatic carbocycles. The van der Waals surface area contributed by atoms with Gasteiger partial charge < -0.3 is 14.8 Å². The number of methoxy groups -OCH3 is 1. The third-order valence-corrected chi connectivity index (χ3v) is 5.13. The van der Waals surface area contributed by atoms with E-state index in [0.717, 1.165) is 30.4 Å². The number of hydrogen-bond donors (Lipinski definition) is 1. The number of rotatable bonds is 6. The molecule has 0 aliphatic carbocycles. The molecule has 1 N–H and O–H groups in total. The van der Waals surface area contributed by atoms with Crippen molar-refractivity contribution in [3.8, 4) is 5.75 Å². The van der Waals surface area contributed by atoms with Gasteiger partial charge in [0.1, 0.15) is 23.6 Å².